The van der Waals surface area contributed by atoms with E-state index in [0.29, 0.717) is 9.26 Å². The zero-order valence-corrected chi connectivity index (χ0v) is 11.7. The molecule has 2 heterocycles. The predicted octanol–water partition coefficient (Wildman–Crippen LogP) is -1.81. The Morgan fingerprint density at radius 1 is 1.53 bits per heavy atom. The van der Waals surface area contributed by atoms with Crippen LogP contribution in [-0.2, 0) is 4.74 Å². The minimum Gasteiger partial charge on any atom is -0.409 e. The summed E-state index contributed by atoms with van der Waals surface area (Å²) in [6, 6.07) is 0. The van der Waals surface area contributed by atoms with Gasteiger partial charge in [-0.15, -0.1) is 0 Å². The normalized spacial score (nSPS) is 31.9. The van der Waals surface area contributed by atoms with E-state index in [0.717, 1.165) is 0 Å². The van der Waals surface area contributed by atoms with E-state index in [1.807, 2.05) is 22.6 Å². The topological polar surface area (TPSA) is 146 Å². The summed E-state index contributed by atoms with van der Waals surface area (Å²) in [4.78, 5) is 0. The van der Waals surface area contributed by atoms with Crippen molar-refractivity contribution in [1.82, 2.24) is 9.78 Å². The lowest BCUT2D eigenvalue weighted by molar-refractivity contribution is -0.0599. The van der Waals surface area contributed by atoms with Crippen LogP contribution in [0.25, 0.3) is 0 Å². The van der Waals surface area contributed by atoms with E-state index >= 15 is 0 Å². The minimum absolute atomic E-state index is 0.123. The second kappa shape index (κ2) is 5.58. The fourth-order valence-corrected chi connectivity index (χ4v) is 2.65. The van der Waals surface area contributed by atoms with Crippen LogP contribution in [0.15, 0.2) is 11.4 Å². The summed E-state index contributed by atoms with van der Waals surface area (Å²) >= 11 is 1.89. The number of nitrogens with zero attached hydrogens (tertiary/aromatic N) is 3. The summed E-state index contributed by atoms with van der Waals surface area (Å²) in [6.07, 6.45) is -2.91. The molecule has 2 rings (SSSR count). The molecule has 6 N–H and O–H groups in total. The van der Waals surface area contributed by atoms with Crippen LogP contribution in [0.1, 0.15) is 11.8 Å². The highest BCUT2D eigenvalue weighted by atomic mass is 127. The van der Waals surface area contributed by atoms with E-state index in [4.69, 9.17) is 20.8 Å². The maximum absolute atomic E-state index is 9.88. The van der Waals surface area contributed by atoms with E-state index in [1.54, 1.807) is 0 Å². The number of halogens is 1. The van der Waals surface area contributed by atoms with Crippen LogP contribution in [0, 0.1) is 3.70 Å². The number of hydrogen-bond donors (Lipinski definition) is 5. The van der Waals surface area contributed by atoms with Crippen LogP contribution in [-0.4, -0.2) is 61.1 Å². The summed E-state index contributed by atoms with van der Waals surface area (Å²) in [7, 11) is 0. The Balaban J connectivity index is 2.31. The van der Waals surface area contributed by atoms with Gasteiger partial charge in [-0.25, -0.2) is 4.68 Å². The molecule has 19 heavy (non-hydrogen) atoms. The molecule has 106 valence electrons. The number of rotatable bonds is 3. The first kappa shape index (κ1) is 14.5. The van der Waals surface area contributed by atoms with E-state index in [2.05, 4.69) is 10.3 Å². The molecule has 9 nitrogen and oxygen atoms in total. The van der Waals surface area contributed by atoms with Gasteiger partial charge in [0.25, 0.3) is 0 Å². The van der Waals surface area contributed by atoms with Crippen LogP contribution in [0.4, 0.5) is 0 Å². The van der Waals surface area contributed by atoms with Gasteiger partial charge in [-0.05, 0) is 22.6 Å². The van der Waals surface area contributed by atoms with Gasteiger partial charge in [-0.1, -0.05) is 5.16 Å². The Morgan fingerprint density at radius 3 is 2.74 bits per heavy atom. The Hall–Kier alpha value is -0.950. The van der Waals surface area contributed by atoms with Gasteiger partial charge < -0.3 is 31.0 Å². The molecule has 0 bridgehead atoms. The van der Waals surface area contributed by atoms with E-state index < -0.39 is 31.1 Å². The average Bonchev–Trinajstić information content (AvgIpc) is 2.91. The van der Waals surface area contributed by atoms with Crippen LogP contribution in [0.5, 0.6) is 0 Å². The number of aromatic nitrogens is 2. The van der Waals surface area contributed by atoms with Gasteiger partial charge in [0.1, 0.15) is 22.0 Å². The van der Waals surface area contributed by atoms with Crippen LogP contribution >= 0.6 is 22.6 Å². The second-order valence-corrected chi connectivity index (χ2v) is 5.03. The maximum atomic E-state index is 9.88. The van der Waals surface area contributed by atoms with Crippen LogP contribution < -0.4 is 5.73 Å². The van der Waals surface area contributed by atoms with Crippen molar-refractivity contribution in [2.24, 2.45) is 10.9 Å². The molecule has 0 radical (unpaired) electrons. The first-order valence-electron chi connectivity index (χ1n) is 5.34. The fourth-order valence-electron chi connectivity index (χ4n) is 1.83. The van der Waals surface area contributed by atoms with E-state index in [1.165, 1.54) is 10.9 Å². The molecule has 1 saturated heterocycles. The largest absolute Gasteiger partial charge is 0.409 e. The van der Waals surface area contributed by atoms with Crippen molar-refractivity contribution in [3.05, 3.63) is 15.5 Å². The lowest BCUT2D eigenvalue weighted by Gasteiger charge is -2.16. The molecule has 1 aromatic rings. The predicted molar refractivity (Wildman–Crippen MR) is 70.5 cm³/mol. The minimum atomic E-state index is -1.23. The van der Waals surface area contributed by atoms with Crippen molar-refractivity contribution in [3.8, 4) is 0 Å². The number of oxime groups is 1. The smallest absolute Gasteiger partial charge is 0.180 e. The van der Waals surface area contributed by atoms with Crippen molar-refractivity contribution < 1.29 is 25.3 Å². The van der Waals surface area contributed by atoms with Gasteiger partial charge in [0.15, 0.2) is 12.1 Å². The molecule has 0 amide bonds. The molecule has 0 spiro atoms. The molecule has 1 aliphatic rings. The number of ether oxygens (including phenoxy) is 1. The number of amidine groups is 1. The fraction of sp³-hybridized carbons (Fsp3) is 0.556. The quantitative estimate of drug-likeness (QED) is 0.136. The third-order valence-electron chi connectivity index (χ3n) is 2.88. The van der Waals surface area contributed by atoms with Crippen molar-refractivity contribution >= 4 is 28.4 Å². The number of hydrogen-bond acceptors (Lipinski definition) is 7. The molecule has 1 fully saturated rings. The Kier molecular flexibility index (Phi) is 4.25. The zero-order chi connectivity index (χ0) is 14.2. The summed E-state index contributed by atoms with van der Waals surface area (Å²) in [6.45, 7) is -0.417. The molecular weight excluding hydrogens is 371 g/mol. The molecule has 1 aromatic heterocycles. The third-order valence-corrected chi connectivity index (χ3v) is 3.95. The highest BCUT2D eigenvalue weighted by Gasteiger charge is 2.44. The first-order valence-corrected chi connectivity index (χ1v) is 6.42. The number of aliphatic hydroxyl groups excluding tert-OH is 3. The van der Waals surface area contributed by atoms with Gasteiger partial charge in [0, 0.05) is 0 Å². The monoisotopic (exact) mass is 384 g/mol. The van der Waals surface area contributed by atoms with E-state index in [9.17, 15) is 10.2 Å². The van der Waals surface area contributed by atoms with Gasteiger partial charge in [-0.3, -0.25) is 0 Å². The molecule has 0 unspecified atom stereocenters. The zero-order valence-electron chi connectivity index (χ0n) is 9.59. The van der Waals surface area contributed by atoms with Crippen molar-refractivity contribution in [3.63, 3.8) is 0 Å². The highest BCUT2D eigenvalue weighted by Crippen LogP contribution is 2.30. The van der Waals surface area contributed by atoms with Crippen molar-refractivity contribution in [2.45, 2.75) is 24.5 Å². The van der Waals surface area contributed by atoms with Crippen molar-refractivity contribution in [2.75, 3.05) is 6.61 Å². The van der Waals surface area contributed by atoms with Crippen LogP contribution in [0.3, 0.4) is 0 Å². The lowest BCUT2D eigenvalue weighted by Crippen LogP contribution is -2.33. The highest BCUT2D eigenvalue weighted by molar-refractivity contribution is 14.1. The number of nitrogens with two attached hydrogens (primary N) is 1. The summed E-state index contributed by atoms with van der Waals surface area (Å²) < 4.78 is 7.11. The SMILES string of the molecule is N/C(=N\O)c1cnn([C@@H]2O[C@H](CO)[C@@H](O)[C@H]2O)c1I. The molecule has 1 aliphatic heterocycles. The number of aliphatic hydroxyl groups is 3. The van der Waals surface area contributed by atoms with Gasteiger partial charge in [-0.2, -0.15) is 5.10 Å². The molecule has 0 aliphatic carbocycles. The first-order chi connectivity index (χ1) is 9.01. The summed E-state index contributed by atoms with van der Waals surface area (Å²) in [5.41, 5.74) is 5.85. The third kappa shape index (κ3) is 2.41. The summed E-state index contributed by atoms with van der Waals surface area (Å²) in [5, 5.41) is 44.1. The van der Waals surface area contributed by atoms with E-state index in [-0.39, 0.29) is 5.84 Å². The standard InChI is InChI=1S/C9H13IN4O5/c10-7-3(8(11)13-18)1-12-14(7)9-6(17)5(16)4(2-15)19-9/h1,4-6,9,15-18H,2H2,(H2,11,13)/t4-,5-,6-,9-/m1/s1. The Morgan fingerprint density at radius 2 is 2.21 bits per heavy atom. The molecule has 4 atom stereocenters. The Bertz CT molecular complexity index is 493. The summed E-state index contributed by atoms with van der Waals surface area (Å²) in [5.74, 6) is -0.123. The maximum Gasteiger partial charge on any atom is 0.180 e. The molecule has 0 aromatic carbocycles. The molecule has 0 saturated carbocycles. The van der Waals surface area contributed by atoms with Crippen LogP contribution in [0.2, 0.25) is 0 Å². The molecule has 10 heteroatoms. The van der Waals surface area contributed by atoms with Gasteiger partial charge in [0.05, 0.1) is 18.4 Å². The Labute approximate surface area is 121 Å². The van der Waals surface area contributed by atoms with Gasteiger partial charge >= 0.3 is 0 Å². The van der Waals surface area contributed by atoms with Gasteiger partial charge in [0.2, 0.25) is 0 Å². The second-order valence-electron chi connectivity index (χ2n) is 4.01. The average molecular weight is 384 g/mol. The van der Waals surface area contributed by atoms with Crippen molar-refractivity contribution in [1.29, 1.82) is 0 Å². The molecular formula is C9H13IN4O5. The lowest BCUT2D eigenvalue weighted by atomic mass is 10.1.